The van der Waals surface area contributed by atoms with Gasteiger partial charge in [0, 0.05) is 12.1 Å². The standard InChI is InChI=1S/C15H17N5O4/c1-9-5-10-6-11(3-4-12(10)24-9)16-14(21)8-20-7-13(18-19-20)17-15(22)23-2/h3-4,6-7,9H,5,8H2,1-2H3,(H,16,21)(H,17,22). The molecule has 9 nitrogen and oxygen atoms in total. The summed E-state index contributed by atoms with van der Waals surface area (Å²) in [5.41, 5.74) is 1.77. The highest BCUT2D eigenvalue weighted by Gasteiger charge is 2.19. The second kappa shape index (κ2) is 6.57. The van der Waals surface area contributed by atoms with E-state index in [4.69, 9.17) is 4.74 Å². The molecule has 1 aromatic heterocycles. The molecule has 0 fully saturated rings. The molecule has 0 spiro atoms. The molecule has 1 aromatic carbocycles. The van der Waals surface area contributed by atoms with Crippen molar-refractivity contribution in [2.75, 3.05) is 17.7 Å². The van der Waals surface area contributed by atoms with Crippen molar-refractivity contribution in [2.24, 2.45) is 0 Å². The van der Waals surface area contributed by atoms with E-state index in [1.54, 1.807) is 6.07 Å². The Hall–Kier alpha value is -3.10. The van der Waals surface area contributed by atoms with Gasteiger partial charge in [-0.1, -0.05) is 5.21 Å². The topological polar surface area (TPSA) is 107 Å². The van der Waals surface area contributed by atoms with Crippen LogP contribution in [0.5, 0.6) is 5.75 Å². The van der Waals surface area contributed by atoms with Crippen molar-refractivity contribution in [1.29, 1.82) is 0 Å². The fourth-order valence-corrected chi connectivity index (χ4v) is 2.44. The summed E-state index contributed by atoms with van der Waals surface area (Å²) in [5.74, 6) is 0.810. The van der Waals surface area contributed by atoms with E-state index >= 15 is 0 Å². The van der Waals surface area contributed by atoms with Crippen LogP contribution in [0.3, 0.4) is 0 Å². The number of amides is 2. The van der Waals surface area contributed by atoms with Crippen LogP contribution in [0.1, 0.15) is 12.5 Å². The van der Waals surface area contributed by atoms with E-state index in [9.17, 15) is 9.59 Å². The molecule has 9 heteroatoms. The number of methoxy groups -OCH3 is 1. The van der Waals surface area contributed by atoms with E-state index in [1.807, 2.05) is 19.1 Å². The Morgan fingerprint density at radius 1 is 1.42 bits per heavy atom. The Kier molecular flexibility index (Phi) is 4.32. The Bertz CT molecular complexity index is 773. The number of rotatable bonds is 4. The molecule has 3 rings (SSSR count). The minimum Gasteiger partial charge on any atom is -0.490 e. The Morgan fingerprint density at radius 2 is 2.25 bits per heavy atom. The van der Waals surface area contributed by atoms with Gasteiger partial charge in [0.1, 0.15) is 18.4 Å². The number of fused-ring (bicyclic) bond motifs is 1. The minimum atomic E-state index is -0.652. The normalized spacial score (nSPS) is 15.3. The quantitative estimate of drug-likeness (QED) is 0.877. The van der Waals surface area contributed by atoms with Crippen molar-refractivity contribution in [2.45, 2.75) is 26.0 Å². The minimum absolute atomic E-state index is 0.0279. The first-order chi connectivity index (χ1) is 11.5. The van der Waals surface area contributed by atoms with Crippen LogP contribution in [-0.2, 0) is 22.5 Å². The summed E-state index contributed by atoms with van der Waals surface area (Å²) in [5, 5.41) is 12.7. The van der Waals surface area contributed by atoms with Crippen LogP contribution in [0.25, 0.3) is 0 Å². The first-order valence-electron chi connectivity index (χ1n) is 7.38. The zero-order chi connectivity index (χ0) is 17.1. The molecule has 0 radical (unpaired) electrons. The molecule has 24 heavy (non-hydrogen) atoms. The SMILES string of the molecule is COC(=O)Nc1cn(CC(=O)Nc2ccc3c(c2)CC(C)O3)nn1. The summed E-state index contributed by atoms with van der Waals surface area (Å²) >= 11 is 0. The predicted octanol–water partition coefficient (Wildman–Crippen LogP) is 1.42. The van der Waals surface area contributed by atoms with Crippen LogP contribution in [0, 0.1) is 0 Å². The summed E-state index contributed by atoms with van der Waals surface area (Å²) in [6, 6.07) is 5.55. The number of hydrogen-bond acceptors (Lipinski definition) is 6. The Balaban J connectivity index is 1.58. The number of hydrogen-bond donors (Lipinski definition) is 2. The third-order valence-corrected chi connectivity index (χ3v) is 3.44. The third kappa shape index (κ3) is 3.62. The van der Waals surface area contributed by atoms with Crippen LogP contribution >= 0.6 is 0 Å². The van der Waals surface area contributed by atoms with Crippen molar-refractivity contribution in [3.63, 3.8) is 0 Å². The van der Waals surface area contributed by atoms with Crippen molar-refractivity contribution < 1.29 is 19.1 Å². The molecule has 2 aromatic rings. The molecule has 126 valence electrons. The number of anilines is 2. The third-order valence-electron chi connectivity index (χ3n) is 3.44. The number of carbonyl (C=O) groups excluding carboxylic acids is 2. The monoisotopic (exact) mass is 331 g/mol. The summed E-state index contributed by atoms with van der Waals surface area (Å²) in [7, 11) is 1.25. The molecule has 0 bridgehead atoms. The van der Waals surface area contributed by atoms with Crippen molar-refractivity contribution >= 4 is 23.5 Å². The molecule has 0 aliphatic carbocycles. The Labute approximate surface area is 137 Å². The molecule has 0 saturated heterocycles. The number of nitrogens with zero attached hydrogens (tertiary/aromatic N) is 3. The lowest BCUT2D eigenvalue weighted by atomic mass is 10.1. The van der Waals surface area contributed by atoms with Crippen molar-refractivity contribution in [1.82, 2.24) is 15.0 Å². The average Bonchev–Trinajstić information content (AvgIpc) is 3.11. The lowest BCUT2D eigenvalue weighted by Gasteiger charge is -2.06. The molecule has 2 amide bonds. The summed E-state index contributed by atoms with van der Waals surface area (Å²) < 4.78 is 11.4. The largest absolute Gasteiger partial charge is 0.490 e. The molecular formula is C15H17N5O4. The van der Waals surface area contributed by atoms with Gasteiger partial charge < -0.3 is 14.8 Å². The lowest BCUT2D eigenvalue weighted by molar-refractivity contribution is -0.116. The molecule has 1 aliphatic heterocycles. The summed E-state index contributed by atoms with van der Waals surface area (Å²) in [6.45, 7) is 1.97. The molecule has 1 atom stereocenters. The van der Waals surface area contributed by atoms with Gasteiger partial charge in [-0.15, -0.1) is 5.10 Å². The highest BCUT2D eigenvalue weighted by molar-refractivity contribution is 5.90. The number of aromatic nitrogens is 3. The van der Waals surface area contributed by atoms with E-state index < -0.39 is 6.09 Å². The van der Waals surface area contributed by atoms with E-state index in [-0.39, 0.29) is 24.4 Å². The van der Waals surface area contributed by atoms with E-state index in [1.165, 1.54) is 18.0 Å². The van der Waals surface area contributed by atoms with Gasteiger partial charge in [-0.25, -0.2) is 9.48 Å². The maximum atomic E-state index is 12.1. The maximum Gasteiger partial charge on any atom is 0.412 e. The second-order valence-corrected chi connectivity index (χ2v) is 5.42. The number of carbonyl (C=O) groups is 2. The Morgan fingerprint density at radius 3 is 3.04 bits per heavy atom. The smallest absolute Gasteiger partial charge is 0.412 e. The highest BCUT2D eigenvalue weighted by Crippen LogP contribution is 2.30. The van der Waals surface area contributed by atoms with Gasteiger partial charge in [-0.2, -0.15) is 0 Å². The molecule has 1 unspecified atom stereocenters. The van der Waals surface area contributed by atoms with Crippen molar-refractivity contribution in [3.05, 3.63) is 30.0 Å². The zero-order valence-corrected chi connectivity index (χ0v) is 13.3. The van der Waals surface area contributed by atoms with Crippen LogP contribution in [-0.4, -0.2) is 40.2 Å². The van der Waals surface area contributed by atoms with Gasteiger partial charge in [0.25, 0.3) is 0 Å². The fourth-order valence-electron chi connectivity index (χ4n) is 2.44. The van der Waals surface area contributed by atoms with Gasteiger partial charge >= 0.3 is 6.09 Å². The van der Waals surface area contributed by atoms with E-state index in [2.05, 4.69) is 25.7 Å². The summed E-state index contributed by atoms with van der Waals surface area (Å²) in [4.78, 5) is 23.2. The van der Waals surface area contributed by atoms with Gasteiger partial charge in [0.05, 0.1) is 13.3 Å². The van der Waals surface area contributed by atoms with E-state index in [0.29, 0.717) is 5.69 Å². The van der Waals surface area contributed by atoms with Gasteiger partial charge in [-0.3, -0.25) is 10.1 Å². The number of ether oxygens (including phenoxy) is 2. The number of benzene rings is 1. The first kappa shape index (κ1) is 15.8. The zero-order valence-electron chi connectivity index (χ0n) is 13.3. The predicted molar refractivity (Wildman–Crippen MR) is 84.9 cm³/mol. The van der Waals surface area contributed by atoms with Crippen LogP contribution in [0.15, 0.2) is 24.4 Å². The molecule has 1 aliphatic rings. The molecular weight excluding hydrogens is 314 g/mol. The first-order valence-corrected chi connectivity index (χ1v) is 7.38. The lowest BCUT2D eigenvalue weighted by Crippen LogP contribution is -2.19. The van der Waals surface area contributed by atoms with Crippen molar-refractivity contribution in [3.8, 4) is 5.75 Å². The number of nitrogens with one attached hydrogen (secondary N) is 2. The van der Waals surface area contributed by atoms with Crippen LogP contribution in [0.2, 0.25) is 0 Å². The van der Waals surface area contributed by atoms with Gasteiger partial charge in [-0.05, 0) is 30.7 Å². The van der Waals surface area contributed by atoms with Crippen LogP contribution in [0.4, 0.5) is 16.3 Å². The average molecular weight is 331 g/mol. The molecule has 2 heterocycles. The van der Waals surface area contributed by atoms with Crippen LogP contribution < -0.4 is 15.4 Å². The van der Waals surface area contributed by atoms with E-state index in [0.717, 1.165) is 17.7 Å². The maximum absolute atomic E-state index is 12.1. The fraction of sp³-hybridized carbons (Fsp3) is 0.333. The molecule has 2 N–H and O–H groups in total. The summed E-state index contributed by atoms with van der Waals surface area (Å²) in [6.07, 6.45) is 1.77. The second-order valence-electron chi connectivity index (χ2n) is 5.42. The highest BCUT2D eigenvalue weighted by atomic mass is 16.5. The van der Waals surface area contributed by atoms with Gasteiger partial charge in [0.15, 0.2) is 5.82 Å². The van der Waals surface area contributed by atoms with Gasteiger partial charge in [0.2, 0.25) is 5.91 Å². The molecule has 0 saturated carbocycles.